The predicted octanol–water partition coefficient (Wildman–Crippen LogP) is 4.32. The third kappa shape index (κ3) is 4.39. The van der Waals surface area contributed by atoms with Gasteiger partial charge in [-0.25, -0.2) is 12.8 Å². The lowest BCUT2D eigenvalue weighted by atomic mass is 10.1. The van der Waals surface area contributed by atoms with Crippen molar-refractivity contribution >= 4 is 37.5 Å². The Morgan fingerprint density at radius 1 is 1.11 bits per heavy atom. The summed E-state index contributed by atoms with van der Waals surface area (Å²) in [7, 11) is -3.61. The van der Waals surface area contributed by atoms with Crippen LogP contribution in [0.5, 0.6) is 0 Å². The molecule has 27 heavy (non-hydrogen) atoms. The molecule has 144 valence electrons. The van der Waals surface area contributed by atoms with E-state index in [-0.39, 0.29) is 10.5 Å². The van der Waals surface area contributed by atoms with Crippen LogP contribution < -0.4 is 5.32 Å². The molecular weight excluding hydrogens is 435 g/mol. The second-order valence-electron chi connectivity index (χ2n) is 6.52. The Hall–Kier alpha value is -1.77. The van der Waals surface area contributed by atoms with Crippen molar-refractivity contribution in [3.8, 4) is 0 Å². The van der Waals surface area contributed by atoms with E-state index >= 15 is 0 Å². The molecule has 0 aromatic heterocycles. The molecule has 2 aromatic rings. The van der Waals surface area contributed by atoms with Crippen LogP contribution in [0.2, 0.25) is 0 Å². The normalized spacial score (nSPS) is 15.5. The van der Waals surface area contributed by atoms with Crippen LogP contribution in [0.25, 0.3) is 0 Å². The van der Waals surface area contributed by atoms with Crippen LogP contribution in [0.15, 0.2) is 45.8 Å². The van der Waals surface area contributed by atoms with Gasteiger partial charge in [-0.2, -0.15) is 4.31 Å². The summed E-state index contributed by atoms with van der Waals surface area (Å²) in [6.45, 7) is 2.76. The minimum Gasteiger partial charge on any atom is -0.322 e. The second-order valence-corrected chi connectivity index (χ2v) is 9.37. The largest absolute Gasteiger partial charge is 0.322 e. The zero-order valence-corrected chi connectivity index (χ0v) is 17.2. The molecule has 1 amide bonds. The molecule has 0 unspecified atom stereocenters. The lowest BCUT2D eigenvalue weighted by molar-refractivity contribution is 0.102. The Kier molecular flexibility index (Phi) is 5.98. The smallest absolute Gasteiger partial charge is 0.258 e. The maximum absolute atomic E-state index is 14.0. The van der Waals surface area contributed by atoms with Crippen LogP contribution in [0.3, 0.4) is 0 Å². The fraction of sp³-hybridized carbons (Fsp3) is 0.316. The number of rotatable bonds is 4. The van der Waals surface area contributed by atoms with Crippen molar-refractivity contribution < 1.29 is 17.6 Å². The van der Waals surface area contributed by atoms with Crippen molar-refractivity contribution in [2.75, 3.05) is 18.4 Å². The first-order chi connectivity index (χ1) is 12.8. The summed E-state index contributed by atoms with van der Waals surface area (Å²) >= 11 is 3.15. The number of nitrogens with zero attached hydrogens (tertiary/aromatic N) is 1. The molecule has 0 radical (unpaired) electrons. The highest BCUT2D eigenvalue weighted by Gasteiger charge is 2.26. The summed E-state index contributed by atoms with van der Waals surface area (Å²) in [5, 5.41) is 2.63. The highest BCUT2D eigenvalue weighted by Crippen LogP contribution is 2.26. The number of hydrogen-bond acceptors (Lipinski definition) is 3. The summed E-state index contributed by atoms with van der Waals surface area (Å²) in [4.78, 5) is 12.6. The zero-order valence-electron chi connectivity index (χ0n) is 14.8. The average Bonchev–Trinajstić information content (AvgIpc) is 2.64. The van der Waals surface area contributed by atoms with Gasteiger partial charge in [0.05, 0.1) is 10.5 Å². The van der Waals surface area contributed by atoms with E-state index in [0.29, 0.717) is 28.8 Å². The Morgan fingerprint density at radius 2 is 1.81 bits per heavy atom. The molecule has 1 saturated heterocycles. The van der Waals surface area contributed by atoms with Crippen LogP contribution in [0, 0.1) is 12.7 Å². The SMILES string of the molecule is Cc1ccc(S(=O)(=O)N2CCCCC2)cc1NC(=O)c1ccc(Br)cc1F. The second kappa shape index (κ2) is 8.08. The number of anilines is 1. The Bertz CT molecular complexity index is 973. The summed E-state index contributed by atoms with van der Waals surface area (Å²) in [5.74, 6) is -1.28. The van der Waals surface area contributed by atoms with Gasteiger partial charge in [-0.05, 0) is 55.7 Å². The minimum atomic E-state index is -3.61. The Balaban J connectivity index is 1.88. The standard InChI is InChI=1S/C19H20BrFN2O3S/c1-13-5-7-15(27(25,26)23-9-3-2-4-10-23)12-18(13)22-19(24)16-8-6-14(20)11-17(16)21/h5-8,11-12H,2-4,9-10H2,1H3,(H,22,24). The quantitative estimate of drug-likeness (QED) is 0.747. The topological polar surface area (TPSA) is 66.5 Å². The number of hydrogen-bond donors (Lipinski definition) is 1. The fourth-order valence-electron chi connectivity index (χ4n) is 3.01. The monoisotopic (exact) mass is 454 g/mol. The molecule has 1 aliphatic rings. The lowest BCUT2D eigenvalue weighted by Crippen LogP contribution is -2.35. The number of benzene rings is 2. The molecule has 0 spiro atoms. The maximum atomic E-state index is 14.0. The third-order valence-electron chi connectivity index (χ3n) is 4.59. The Morgan fingerprint density at radius 3 is 2.48 bits per heavy atom. The number of amides is 1. The van der Waals surface area contributed by atoms with Crippen molar-refractivity contribution in [1.82, 2.24) is 4.31 Å². The van der Waals surface area contributed by atoms with Gasteiger partial charge < -0.3 is 5.32 Å². The number of carbonyl (C=O) groups excluding carboxylic acids is 1. The summed E-state index contributed by atoms with van der Waals surface area (Å²) in [6, 6.07) is 8.77. The molecule has 2 aromatic carbocycles. The molecule has 0 aliphatic carbocycles. The average molecular weight is 455 g/mol. The van der Waals surface area contributed by atoms with Gasteiger partial charge in [0.15, 0.2) is 0 Å². The van der Waals surface area contributed by atoms with Crippen molar-refractivity contribution in [2.24, 2.45) is 0 Å². The van der Waals surface area contributed by atoms with Crippen LogP contribution in [-0.2, 0) is 10.0 Å². The lowest BCUT2D eigenvalue weighted by Gasteiger charge is -2.26. The van der Waals surface area contributed by atoms with Crippen LogP contribution in [-0.4, -0.2) is 31.7 Å². The van der Waals surface area contributed by atoms with Crippen LogP contribution in [0.1, 0.15) is 35.2 Å². The fourth-order valence-corrected chi connectivity index (χ4v) is 4.89. The Labute approximate surface area is 166 Å². The molecule has 1 fully saturated rings. The summed E-state index contributed by atoms with van der Waals surface area (Å²) in [5.41, 5.74) is 0.931. The number of aryl methyl sites for hydroxylation is 1. The van der Waals surface area contributed by atoms with Gasteiger partial charge in [-0.15, -0.1) is 0 Å². The van der Waals surface area contributed by atoms with Gasteiger partial charge in [0, 0.05) is 23.2 Å². The van der Waals surface area contributed by atoms with Gasteiger partial charge >= 0.3 is 0 Å². The molecule has 0 bridgehead atoms. The molecule has 3 rings (SSSR count). The molecule has 0 atom stereocenters. The molecule has 1 N–H and O–H groups in total. The van der Waals surface area contributed by atoms with E-state index in [2.05, 4.69) is 21.2 Å². The van der Waals surface area contributed by atoms with E-state index < -0.39 is 21.7 Å². The van der Waals surface area contributed by atoms with E-state index in [1.807, 2.05) is 0 Å². The van der Waals surface area contributed by atoms with Gasteiger partial charge in [-0.3, -0.25) is 4.79 Å². The first-order valence-electron chi connectivity index (χ1n) is 8.66. The van der Waals surface area contributed by atoms with Crippen LogP contribution in [0.4, 0.5) is 10.1 Å². The van der Waals surface area contributed by atoms with Crippen LogP contribution >= 0.6 is 15.9 Å². The number of nitrogens with one attached hydrogen (secondary N) is 1. The van der Waals surface area contributed by atoms with Gasteiger partial charge in [0.1, 0.15) is 5.82 Å². The van der Waals surface area contributed by atoms with Crippen molar-refractivity contribution in [2.45, 2.75) is 31.1 Å². The number of halogens is 2. The van der Waals surface area contributed by atoms with E-state index in [0.717, 1.165) is 19.3 Å². The zero-order chi connectivity index (χ0) is 19.6. The van der Waals surface area contributed by atoms with Gasteiger partial charge in [-0.1, -0.05) is 28.4 Å². The summed E-state index contributed by atoms with van der Waals surface area (Å²) < 4.78 is 41.7. The molecular formula is C19H20BrFN2O3S. The maximum Gasteiger partial charge on any atom is 0.258 e. The number of piperidine rings is 1. The first kappa shape index (κ1) is 20.0. The third-order valence-corrected chi connectivity index (χ3v) is 6.97. The summed E-state index contributed by atoms with van der Waals surface area (Å²) in [6.07, 6.45) is 2.72. The van der Waals surface area contributed by atoms with E-state index in [1.54, 1.807) is 19.1 Å². The minimum absolute atomic E-state index is 0.109. The predicted molar refractivity (Wildman–Crippen MR) is 106 cm³/mol. The molecule has 1 heterocycles. The number of carbonyl (C=O) groups is 1. The van der Waals surface area contributed by atoms with E-state index in [1.165, 1.54) is 28.6 Å². The van der Waals surface area contributed by atoms with Gasteiger partial charge in [0.2, 0.25) is 10.0 Å². The van der Waals surface area contributed by atoms with Crippen molar-refractivity contribution in [3.63, 3.8) is 0 Å². The molecule has 8 heteroatoms. The van der Waals surface area contributed by atoms with Crippen molar-refractivity contribution in [3.05, 3.63) is 57.8 Å². The molecule has 5 nitrogen and oxygen atoms in total. The number of sulfonamides is 1. The van der Waals surface area contributed by atoms with Gasteiger partial charge in [0.25, 0.3) is 5.91 Å². The molecule has 1 aliphatic heterocycles. The van der Waals surface area contributed by atoms with E-state index in [9.17, 15) is 17.6 Å². The van der Waals surface area contributed by atoms with Crippen molar-refractivity contribution in [1.29, 1.82) is 0 Å². The molecule has 0 saturated carbocycles. The van der Waals surface area contributed by atoms with E-state index in [4.69, 9.17) is 0 Å². The highest BCUT2D eigenvalue weighted by atomic mass is 79.9. The first-order valence-corrected chi connectivity index (χ1v) is 10.9. The highest BCUT2D eigenvalue weighted by molar-refractivity contribution is 9.10.